The van der Waals surface area contributed by atoms with Gasteiger partial charge < -0.3 is 17.7 Å². The molecule has 0 spiro atoms. The maximum atomic E-state index is 6.41. The third-order valence-corrected chi connectivity index (χ3v) is 11.5. The summed E-state index contributed by atoms with van der Waals surface area (Å²) in [5.41, 5.74) is 13.5. The van der Waals surface area contributed by atoms with E-state index in [4.69, 9.17) is 27.6 Å². The van der Waals surface area contributed by atoms with E-state index in [1.54, 1.807) is 0 Å². The fourth-order valence-electron chi connectivity index (χ4n) is 8.64. The molecule has 0 radical (unpaired) electrons. The van der Waals surface area contributed by atoms with Crippen LogP contribution < -0.4 is 0 Å². The highest BCUT2D eigenvalue weighted by Crippen LogP contribution is 2.39. The minimum Gasteiger partial charge on any atom is -0.456 e. The highest BCUT2D eigenvalue weighted by atomic mass is 16.3. The molecule has 0 fully saturated rings. The van der Waals surface area contributed by atoms with E-state index in [-0.39, 0.29) is 0 Å². The topological polar surface area (TPSA) is 78.3 Å². The number of nitrogens with zero attached hydrogens (tertiary/aromatic N) is 2. The van der Waals surface area contributed by atoms with Gasteiger partial charge >= 0.3 is 0 Å². The Morgan fingerprint density at radius 2 is 0.534 bits per heavy atom. The van der Waals surface area contributed by atoms with Crippen molar-refractivity contribution in [2.45, 2.75) is 0 Å². The van der Waals surface area contributed by atoms with E-state index < -0.39 is 0 Å². The molecule has 0 aliphatic carbocycles. The third kappa shape index (κ3) is 4.72. The Hall–Kier alpha value is -7.96. The number of hydrogen-bond acceptors (Lipinski definition) is 6. The third-order valence-electron chi connectivity index (χ3n) is 11.5. The van der Waals surface area contributed by atoms with Crippen molar-refractivity contribution >= 4 is 87.8 Å². The van der Waals surface area contributed by atoms with Crippen LogP contribution in [-0.2, 0) is 0 Å². The summed E-state index contributed by atoms with van der Waals surface area (Å²) < 4.78 is 24.9. The molecule has 13 aromatic rings. The number of aromatic nitrogens is 2. The Morgan fingerprint density at radius 3 is 0.948 bits per heavy atom. The monoisotopic (exact) mass is 744 g/mol. The standard InChI is InChI=1S/C52H28N2O4/c1-4-10-44-34(7-1)37-23-29(13-18-47(37)55-44)30-14-19-50-40(24-30)41-26-32(16-21-51(41)58-50)43-28-42(31-15-20-48-38(25-31)35-8-2-5-11-45(35)56-48)53-52(54-43)33-17-22-49-39(27-33)36-9-3-6-12-46(36)57-49/h1-28H. The summed E-state index contributed by atoms with van der Waals surface area (Å²) in [4.78, 5) is 10.5. The fourth-order valence-corrected chi connectivity index (χ4v) is 8.64. The van der Waals surface area contributed by atoms with Gasteiger partial charge in [0.15, 0.2) is 5.82 Å². The minimum atomic E-state index is 0.624. The molecule has 58 heavy (non-hydrogen) atoms. The summed E-state index contributed by atoms with van der Waals surface area (Å²) in [7, 11) is 0. The maximum Gasteiger partial charge on any atom is 0.160 e. The summed E-state index contributed by atoms with van der Waals surface area (Å²) in [5.74, 6) is 0.624. The lowest BCUT2D eigenvalue weighted by Gasteiger charge is -2.10. The Morgan fingerprint density at radius 1 is 0.241 bits per heavy atom. The molecule has 5 heterocycles. The molecule has 0 amide bonds. The van der Waals surface area contributed by atoms with Crippen LogP contribution in [0.3, 0.4) is 0 Å². The first-order valence-corrected chi connectivity index (χ1v) is 19.3. The fraction of sp³-hybridized carbons (Fsp3) is 0. The van der Waals surface area contributed by atoms with Crippen molar-refractivity contribution < 1.29 is 17.7 Å². The van der Waals surface area contributed by atoms with Crippen LogP contribution in [-0.4, -0.2) is 9.97 Å². The summed E-state index contributed by atoms with van der Waals surface area (Å²) in [6.07, 6.45) is 0. The molecule has 5 aromatic heterocycles. The molecule has 0 atom stereocenters. The quantitative estimate of drug-likeness (QED) is 0.179. The zero-order valence-corrected chi connectivity index (χ0v) is 30.7. The maximum absolute atomic E-state index is 6.41. The van der Waals surface area contributed by atoms with Gasteiger partial charge in [0.05, 0.1) is 11.4 Å². The molecule has 0 aliphatic heterocycles. The number of hydrogen-bond donors (Lipinski definition) is 0. The Labute approximate surface area is 329 Å². The van der Waals surface area contributed by atoms with E-state index in [0.717, 1.165) is 127 Å². The highest BCUT2D eigenvalue weighted by Gasteiger charge is 2.17. The zero-order chi connectivity index (χ0) is 37.9. The molecule has 270 valence electrons. The van der Waals surface area contributed by atoms with E-state index in [1.165, 1.54) is 0 Å². The van der Waals surface area contributed by atoms with Gasteiger partial charge in [-0.1, -0.05) is 66.7 Å². The van der Waals surface area contributed by atoms with E-state index in [2.05, 4.69) is 97.1 Å². The minimum absolute atomic E-state index is 0.624. The average molecular weight is 745 g/mol. The second kappa shape index (κ2) is 11.8. The molecular weight excluding hydrogens is 717 g/mol. The first kappa shape index (κ1) is 31.3. The van der Waals surface area contributed by atoms with Gasteiger partial charge in [0.1, 0.15) is 44.7 Å². The first-order valence-electron chi connectivity index (χ1n) is 19.3. The molecule has 0 bridgehead atoms. The van der Waals surface area contributed by atoms with Gasteiger partial charge in [-0.05, 0) is 114 Å². The SMILES string of the molecule is c1ccc2c(c1)oc1ccc(-c3ccc4oc5ccc(-c6cc(-c7ccc8oc9ccccc9c8c7)nc(-c7ccc8oc9ccccc9c8c7)n6)cc5c4c3)cc12. The Kier molecular flexibility index (Phi) is 6.35. The van der Waals surface area contributed by atoms with Crippen LogP contribution in [0, 0.1) is 0 Å². The number of fused-ring (bicyclic) bond motifs is 12. The molecule has 0 saturated carbocycles. The molecule has 0 unspecified atom stereocenters. The Balaban J connectivity index is 0.985. The van der Waals surface area contributed by atoms with Crippen molar-refractivity contribution in [1.82, 2.24) is 9.97 Å². The van der Waals surface area contributed by atoms with Crippen LogP contribution >= 0.6 is 0 Å². The van der Waals surface area contributed by atoms with Gasteiger partial charge in [0.2, 0.25) is 0 Å². The summed E-state index contributed by atoms with van der Waals surface area (Å²) in [6, 6.07) is 58.1. The van der Waals surface area contributed by atoms with Crippen LogP contribution in [0.4, 0.5) is 0 Å². The van der Waals surface area contributed by atoms with E-state index >= 15 is 0 Å². The number of para-hydroxylation sites is 3. The second-order valence-electron chi connectivity index (χ2n) is 14.9. The van der Waals surface area contributed by atoms with E-state index in [1.807, 2.05) is 72.8 Å². The van der Waals surface area contributed by atoms with Crippen molar-refractivity contribution in [3.63, 3.8) is 0 Å². The molecule has 0 saturated heterocycles. The number of benzene rings is 8. The molecular formula is C52H28N2O4. The van der Waals surface area contributed by atoms with Crippen molar-refractivity contribution in [1.29, 1.82) is 0 Å². The van der Waals surface area contributed by atoms with Gasteiger partial charge in [-0.3, -0.25) is 0 Å². The average Bonchev–Trinajstić information content (AvgIpc) is 4.05. The van der Waals surface area contributed by atoms with Crippen LogP contribution in [0.1, 0.15) is 0 Å². The summed E-state index contributed by atoms with van der Waals surface area (Å²) in [6.45, 7) is 0. The summed E-state index contributed by atoms with van der Waals surface area (Å²) in [5, 5.41) is 8.46. The molecule has 6 heteroatoms. The molecule has 6 nitrogen and oxygen atoms in total. The van der Waals surface area contributed by atoms with Crippen molar-refractivity contribution in [3.8, 4) is 45.0 Å². The summed E-state index contributed by atoms with van der Waals surface area (Å²) >= 11 is 0. The lowest BCUT2D eigenvalue weighted by atomic mass is 9.99. The number of furan rings is 4. The predicted molar refractivity (Wildman–Crippen MR) is 233 cm³/mol. The Bertz CT molecular complexity index is 3690. The molecule has 8 aromatic carbocycles. The second-order valence-corrected chi connectivity index (χ2v) is 14.9. The van der Waals surface area contributed by atoms with Crippen LogP contribution in [0.2, 0.25) is 0 Å². The lowest BCUT2D eigenvalue weighted by Crippen LogP contribution is -1.96. The van der Waals surface area contributed by atoms with E-state index in [0.29, 0.717) is 5.82 Å². The van der Waals surface area contributed by atoms with Crippen molar-refractivity contribution in [3.05, 3.63) is 170 Å². The normalized spacial score (nSPS) is 12.1. The smallest absolute Gasteiger partial charge is 0.160 e. The van der Waals surface area contributed by atoms with Crippen LogP contribution in [0.15, 0.2) is 188 Å². The molecule has 0 N–H and O–H groups in total. The molecule has 13 rings (SSSR count). The van der Waals surface area contributed by atoms with Gasteiger partial charge in [-0.2, -0.15) is 0 Å². The predicted octanol–water partition coefficient (Wildman–Crippen LogP) is 14.7. The number of rotatable bonds is 4. The highest BCUT2D eigenvalue weighted by molar-refractivity contribution is 6.10. The van der Waals surface area contributed by atoms with Gasteiger partial charge in [0.25, 0.3) is 0 Å². The van der Waals surface area contributed by atoms with Crippen molar-refractivity contribution in [2.75, 3.05) is 0 Å². The lowest BCUT2D eigenvalue weighted by molar-refractivity contribution is 0.668. The van der Waals surface area contributed by atoms with Gasteiger partial charge in [-0.25, -0.2) is 9.97 Å². The van der Waals surface area contributed by atoms with Gasteiger partial charge in [0, 0.05) is 59.8 Å². The zero-order valence-electron chi connectivity index (χ0n) is 30.7. The largest absolute Gasteiger partial charge is 0.456 e. The molecule has 0 aliphatic rings. The first-order chi connectivity index (χ1) is 28.7. The van der Waals surface area contributed by atoms with E-state index in [9.17, 15) is 0 Å². The van der Waals surface area contributed by atoms with Crippen molar-refractivity contribution in [2.24, 2.45) is 0 Å². The van der Waals surface area contributed by atoms with Gasteiger partial charge in [-0.15, -0.1) is 0 Å². The van der Waals surface area contributed by atoms with Crippen LogP contribution in [0.5, 0.6) is 0 Å². The van der Waals surface area contributed by atoms with Crippen LogP contribution in [0.25, 0.3) is 133 Å².